The van der Waals surface area contributed by atoms with E-state index in [0.29, 0.717) is 12.1 Å². The summed E-state index contributed by atoms with van der Waals surface area (Å²) >= 11 is 0. The van der Waals surface area contributed by atoms with Crippen molar-refractivity contribution in [3.63, 3.8) is 0 Å². The summed E-state index contributed by atoms with van der Waals surface area (Å²) in [6.07, 6.45) is 6.26. The molecular formula is C10H13N3. The number of allylic oxidation sites excluding steroid dienone is 3. The molecule has 2 N–H and O–H groups in total. The molecule has 0 atom stereocenters. The Morgan fingerprint density at radius 2 is 2.38 bits per heavy atom. The average Bonchev–Trinajstić information content (AvgIpc) is 2.13. The van der Waals surface area contributed by atoms with Crippen LogP contribution in [0.3, 0.4) is 0 Å². The monoisotopic (exact) mass is 175 g/mol. The first-order chi connectivity index (χ1) is 6.24. The molecule has 3 nitrogen and oxygen atoms in total. The van der Waals surface area contributed by atoms with Gasteiger partial charge >= 0.3 is 0 Å². The summed E-state index contributed by atoms with van der Waals surface area (Å²) in [4.78, 5) is 4.02. The van der Waals surface area contributed by atoms with E-state index in [-0.39, 0.29) is 0 Å². The molecule has 0 unspecified atom stereocenters. The first kappa shape index (κ1) is 11.2. The third-order valence-electron chi connectivity index (χ3n) is 1.28. The average molecular weight is 175 g/mol. The van der Waals surface area contributed by atoms with Gasteiger partial charge in [0.15, 0.2) is 0 Å². The van der Waals surface area contributed by atoms with E-state index in [1.807, 2.05) is 19.1 Å². The third-order valence-corrected chi connectivity index (χ3v) is 1.28. The smallest absolute Gasteiger partial charge is 0.102 e. The topological polar surface area (TPSA) is 62.2 Å². The quantitative estimate of drug-likeness (QED) is 0.400. The number of nitriles is 1. The summed E-state index contributed by atoms with van der Waals surface area (Å²) in [5.41, 5.74) is 6.60. The van der Waals surface area contributed by atoms with Crippen molar-refractivity contribution in [3.05, 3.63) is 36.1 Å². The van der Waals surface area contributed by atoms with E-state index in [4.69, 9.17) is 11.0 Å². The molecule has 0 saturated heterocycles. The molecule has 68 valence electrons. The number of hydrogen-bond donors (Lipinski definition) is 1. The Labute approximate surface area is 78.6 Å². The van der Waals surface area contributed by atoms with E-state index in [1.165, 1.54) is 12.4 Å². The maximum atomic E-state index is 8.47. The van der Waals surface area contributed by atoms with Crippen LogP contribution in [0.5, 0.6) is 0 Å². The highest BCUT2D eigenvalue weighted by molar-refractivity contribution is 5.83. The van der Waals surface area contributed by atoms with Gasteiger partial charge in [0, 0.05) is 12.4 Å². The van der Waals surface area contributed by atoms with Crippen molar-refractivity contribution >= 4 is 6.21 Å². The van der Waals surface area contributed by atoms with Crippen LogP contribution in [-0.4, -0.2) is 12.8 Å². The van der Waals surface area contributed by atoms with Crippen LogP contribution in [0.4, 0.5) is 0 Å². The zero-order chi connectivity index (χ0) is 10.1. The van der Waals surface area contributed by atoms with Crippen molar-refractivity contribution in [1.82, 2.24) is 0 Å². The Hall–Kier alpha value is -1.82. The van der Waals surface area contributed by atoms with Gasteiger partial charge in [0.1, 0.15) is 6.07 Å². The van der Waals surface area contributed by atoms with Gasteiger partial charge in [-0.1, -0.05) is 24.3 Å². The second-order valence-electron chi connectivity index (χ2n) is 2.45. The highest BCUT2D eigenvalue weighted by atomic mass is 14.7. The first-order valence-electron chi connectivity index (χ1n) is 3.84. The van der Waals surface area contributed by atoms with E-state index >= 15 is 0 Å². The van der Waals surface area contributed by atoms with E-state index in [0.717, 1.165) is 5.57 Å². The molecule has 0 rings (SSSR count). The van der Waals surface area contributed by atoms with Crippen molar-refractivity contribution < 1.29 is 0 Å². The molecule has 0 aromatic heterocycles. The molecule has 0 aliphatic carbocycles. The Bertz CT molecular complexity index is 290. The van der Waals surface area contributed by atoms with Gasteiger partial charge in [0.05, 0.1) is 12.1 Å². The van der Waals surface area contributed by atoms with Crippen LogP contribution in [0.15, 0.2) is 41.1 Å². The molecule has 0 aromatic carbocycles. The molecule has 0 spiro atoms. The Kier molecular flexibility index (Phi) is 5.90. The SMILES string of the molecule is C=C/C=C(\C)CN=CC(C#N)=CN. The van der Waals surface area contributed by atoms with Crippen LogP contribution in [-0.2, 0) is 0 Å². The van der Waals surface area contributed by atoms with Crippen LogP contribution in [0.2, 0.25) is 0 Å². The molecule has 0 aliphatic heterocycles. The van der Waals surface area contributed by atoms with Gasteiger partial charge in [0.25, 0.3) is 0 Å². The lowest BCUT2D eigenvalue weighted by molar-refractivity contribution is 1.14. The minimum Gasteiger partial charge on any atom is -0.403 e. The van der Waals surface area contributed by atoms with E-state index in [9.17, 15) is 0 Å². The van der Waals surface area contributed by atoms with Crippen molar-refractivity contribution in [2.75, 3.05) is 6.54 Å². The third kappa shape index (κ3) is 5.45. The van der Waals surface area contributed by atoms with E-state index < -0.39 is 0 Å². The number of aliphatic imine (C=N–C) groups is 1. The van der Waals surface area contributed by atoms with Crippen molar-refractivity contribution in [2.45, 2.75) is 6.92 Å². The lowest BCUT2D eigenvalue weighted by atomic mass is 10.3. The molecule has 0 fully saturated rings. The van der Waals surface area contributed by atoms with Gasteiger partial charge in [-0.25, -0.2) is 0 Å². The molecule has 0 heterocycles. The van der Waals surface area contributed by atoms with E-state index in [2.05, 4.69) is 11.6 Å². The summed E-state index contributed by atoms with van der Waals surface area (Å²) in [6.45, 7) is 6.07. The second kappa shape index (κ2) is 6.86. The largest absolute Gasteiger partial charge is 0.403 e. The fourth-order valence-corrected chi connectivity index (χ4v) is 0.651. The predicted octanol–water partition coefficient (Wildman–Crippen LogP) is 1.56. The minimum absolute atomic E-state index is 0.367. The van der Waals surface area contributed by atoms with Crippen molar-refractivity contribution in [3.8, 4) is 6.07 Å². The Morgan fingerprint density at radius 1 is 1.69 bits per heavy atom. The van der Waals surface area contributed by atoms with Crippen LogP contribution < -0.4 is 5.73 Å². The lowest BCUT2D eigenvalue weighted by Gasteiger charge is -1.91. The van der Waals surface area contributed by atoms with E-state index in [1.54, 1.807) is 6.08 Å². The Morgan fingerprint density at radius 3 is 2.85 bits per heavy atom. The predicted molar refractivity (Wildman–Crippen MR) is 55.2 cm³/mol. The summed E-state index contributed by atoms with van der Waals surface area (Å²) in [6, 6.07) is 1.90. The molecule has 3 heteroatoms. The highest BCUT2D eigenvalue weighted by Gasteiger charge is 1.87. The van der Waals surface area contributed by atoms with Gasteiger partial charge in [0.2, 0.25) is 0 Å². The normalized spacial score (nSPS) is 12.9. The van der Waals surface area contributed by atoms with Crippen LogP contribution in [0, 0.1) is 11.3 Å². The van der Waals surface area contributed by atoms with Crippen LogP contribution in [0.25, 0.3) is 0 Å². The van der Waals surface area contributed by atoms with Crippen molar-refractivity contribution in [2.24, 2.45) is 10.7 Å². The number of nitrogens with two attached hydrogens (primary N) is 1. The maximum absolute atomic E-state index is 8.47. The molecule has 0 saturated carbocycles. The zero-order valence-electron chi connectivity index (χ0n) is 7.70. The molecule has 13 heavy (non-hydrogen) atoms. The first-order valence-corrected chi connectivity index (χ1v) is 3.84. The van der Waals surface area contributed by atoms with Crippen LogP contribution in [0.1, 0.15) is 6.92 Å². The molecular weight excluding hydrogens is 162 g/mol. The minimum atomic E-state index is 0.367. The van der Waals surface area contributed by atoms with Gasteiger partial charge in [-0.2, -0.15) is 5.26 Å². The molecule has 0 amide bonds. The van der Waals surface area contributed by atoms with Gasteiger partial charge in [-0.15, -0.1) is 0 Å². The van der Waals surface area contributed by atoms with Crippen LogP contribution >= 0.6 is 0 Å². The molecule has 0 aliphatic rings. The van der Waals surface area contributed by atoms with Gasteiger partial charge in [-0.05, 0) is 6.92 Å². The standard InChI is InChI=1S/C10H13N3/c1-3-4-9(2)7-13-8-10(5-11)6-12/h3-5,8H,1,7,11H2,2H3/b9-4+,10-5?,13-8?. The summed E-state index contributed by atoms with van der Waals surface area (Å²) in [7, 11) is 0. The molecule has 0 aromatic rings. The number of hydrogen-bond acceptors (Lipinski definition) is 3. The van der Waals surface area contributed by atoms with Crippen molar-refractivity contribution in [1.29, 1.82) is 5.26 Å². The zero-order valence-corrected chi connectivity index (χ0v) is 7.70. The summed E-state index contributed by atoms with van der Waals surface area (Å²) < 4.78 is 0. The maximum Gasteiger partial charge on any atom is 0.102 e. The highest BCUT2D eigenvalue weighted by Crippen LogP contribution is 1.93. The van der Waals surface area contributed by atoms with Gasteiger partial charge in [-0.3, -0.25) is 4.99 Å². The second-order valence-corrected chi connectivity index (χ2v) is 2.45. The number of rotatable bonds is 4. The number of nitrogens with zero attached hydrogens (tertiary/aromatic N) is 2. The molecule has 0 bridgehead atoms. The summed E-state index contributed by atoms with van der Waals surface area (Å²) in [5, 5.41) is 8.47. The fourth-order valence-electron chi connectivity index (χ4n) is 0.651. The molecule has 0 radical (unpaired) electrons. The lowest BCUT2D eigenvalue weighted by Crippen LogP contribution is -1.89. The summed E-state index contributed by atoms with van der Waals surface area (Å²) in [5.74, 6) is 0. The van der Waals surface area contributed by atoms with Gasteiger partial charge < -0.3 is 5.73 Å². The Balaban J connectivity index is 4.10. The fraction of sp³-hybridized carbons (Fsp3) is 0.200.